The Kier molecular flexibility index (Phi) is 4.96. The number of carboxylic acids is 1. The van der Waals surface area contributed by atoms with Gasteiger partial charge in [0.2, 0.25) is 0 Å². The normalized spacial score (nSPS) is 26.4. The quantitative estimate of drug-likeness (QED) is 0.861. The second kappa shape index (κ2) is 7.01. The van der Waals surface area contributed by atoms with Crippen LogP contribution in [-0.2, 0) is 17.8 Å². The Labute approximate surface area is 147 Å². The van der Waals surface area contributed by atoms with Gasteiger partial charge in [0.15, 0.2) is 5.82 Å². The van der Waals surface area contributed by atoms with Crippen LogP contribution >= 0.6 is 0 Å². The van der Waals surface area contributed by atoms with Crippen molar-refractivity contribution in [1.29, 1.82) is 0 Å². The number of piperidine rings is 1. The van der Waals surface area contributed by atoms with Crippen molar-refractivity contribution in [3.05, 3.63) is 11.6 Å². The maximum absolute atomic E-state index is 12.6. The van der Waals surface area contributed by atoms with Gasteiger partial charge < -0.3 is 15.3 Å². The van der Waals surface area contributed by atoms with Crippen LogP contribution in [0.3, 0.4) is 0 Å². The zero-order chi connectivity index (χ0) is 18.1. The molecule has 0 aliphatic carbocycles. The molecule has 0 spiro atoms. The lowest BCUT2D eigenvalue weighted by Crippen LogP contribution is -2.53. The molecule has 2 aliphatic rings. The maximum Gasteiger partial charge on any atom is 0.317 e. The average Bonchev–Trinajstić information content (AvgIpc) is 2.97. The number of hydrogen-bond acceptors (Lipinski definition) is 4. The number of carboxylic acid groups (broad SMARTS) is 1. The van der Waals surface area contributed by atoms with E-state index < -0.39 is 11.9 Å². The fourth-order valence-electron chi connectivity index (χ4n) is 3.65. The predicted molar refractivity (Wildman–Crippen MR) is 91.2 cm³/mol. The molecule has 1 fully saturated rings. The van der Waals surface area contributed by atoms with Gasteiger partial charge in [-0.3, -0.25) is 4.79 Å². The van der Waals surface area contributed by atoms with Gasteiger partial charge in [0.05, 0.1) is 18.5 Å². The molecule has 0 radical (unpaired) electrons. The first-order chi connectivity index (χ1) is 11.8. The van der Waals surface area contributed by atoms with Gasteiger partial charge in [0.1, 0.15) is 5.82 Å². The molecule has 0 saturated carbocycles. The molecule has 2 N–H and O–H groups in total. The molecule has 3 atom stereocenters. The van der Waals surface area contributed by atoms with Crippen molar-refractivity contribution in [2.75, 3.05) is 13.1 Å². The number of hydrogen-bond donors (Lipinski definition) is 2. The summed E-state index contributed by atoms with van der Waals surface area (Å²) >= 11 is 0. The molecule has 3 rings (SSSR count). The molecular weight excluding hydrogens is 322 g/mol. The first kappa shape index (κ1) is 17.7. The number of aliphatic carboxylic acids is 1. The highest BCUT2D eigenvalue weighted by Crippen LogP contribution is 2.22. The van der Waals surface area contributed by atoms with Gasteiger partial charge in [-0.25, -0.2) is 14.5 Å². The second-order valence-electron chi connectivity index (χ2n) is 7.69. The SMILES string of the molecule is CC1CC(C(=O)O)CN(C(=O)NC2CCc3nc(C(C)C)nn3C2)C1. The van der Waals surface area contributed by atoms with E-state index >= 15 is 0 Å². The number of aromatic nitrogens is 3. The van der Waals surface area contributed by atoms with Crippen molar-refractivity contribution in [3.63, 3.8) is 0 Å². The van der Waals surface area contributed by atoms with E-state index in [2.05, 4.69) is 29.2 Å². The molecule has 8 heteroatoms. The van der Waals surface area contributed by atoms with Crippen molar-refractivity contribution in [2.24, 2.45) is 11.8 Å². The lowest BCUT2D eigenvalue weighted by molar-refractivity contribution is -0.143. The van der Waals surface area contributed by atoms with Crippen molar-refractivity contribution in [1.82, 2.24) is 25.0 Å². The molecule has 1 aromatic rings. The van der Waals surface area contributed by atoms with Crippen molar-refractivity contribution in [2.45, 2.75) is 58.5 Å². The van der Waals surface area contributed by atoms with Crippen LogP contribution in [0, 0.1) is 11.8 Å². The minimum Gasteiger partial charge on any atom is -0.481 e. The number of carbonyl (C=O) groups is 2. The molecule has 3 unspecified atom stereocenters. The fraction of sp³-hybridized carbons (Fsp3) is 0.765. The molecule has 2 aliphatic heterocycles. The molecule has 1 saturated heterocycles. The van der Waals surface area contributed by atoms with E-state index in [1.54, 1.807) is 4.90 Å². The summed E-state index contributed by atoms with van der Waals surface area (Å²) in [5, 5.41) is 16.8. The Morgan fingerprint density at radius 3 is 2.72 bits per heavy atom. The zero-order valence-corrected chi connectivity index (χ0v) is 15.1. The fourth-order valence-corrected chi connectivity index (χ4v) is 3.65. The summed E-state index contributed by atoms with van der Waals surface area (Å²) in [4.78, 5) is 30.1. The minimum absolute atomic E-state index is 0.00206. The third kappa shape index (κ3) is 3.93. The monoisotopic (exact) mass is 349 g/mol. The molecule has 8 nitrogen and oxygen atoms in total. The van der Waals surface area contributed by atoms with Gasteiger partial charge in [-0.15, -0.1) is 0 Å². The Balaban J connectivity index is 1.60. The van der Waals surface area contributed by atoms with E-state index in [-0.39, 0.29) is 30.5 Å². The third-order valence-electron chi connectivity index (χ3n) is 5.01. The van der Waals surface area contributed by atoms with Crippen molar-refractivity contribution >= 4 is 12.0 Å². The highest BCUT2D eigenvalue weighted by atomic mass is 16.4. The van der Waals surface area contributed by atoms with E-state index in [4.69, 9.17) is 0 Å². The Morgan fingerprint density at radius 1 is 1.28 bits per heavy atom. The number of carbonyl (C=O) groups excluding carboxylic acids is 1. The van der Waals surface area contributed by atoms with Crippen LogP contribution in [0.1, 0.15) is 51.2 Å². The molecule has 0 aromatic carbocycles. The summed E-state index contributed by atoms with van der Waals surface area (Å²) < 4.78 is 1.89. The minimum atomic E-state index is -0.824. The molecule has 3 heterocycles. The van der Waals surface area contributed by atoms with Gasteiger partial charge in [-0.1, -0.05) is 20.8 Å². The molecule has 2 amide bonds. The highest BCUT2D eigenvalue weighted by molar-refractivity contribution is 5.76. The number of aryl methyl sites for hydroxylation is 1. The van der Waals surface area contributed by atoms with Gasteiger partial charge in [-0.2, -0.15) is 5.10 Å². The number of fused-ring (bicyclic) bond motifs is 1. The van der Waals surface area contributed by atoms with Crippen LogP contribution in [0.4, 0.5) is 4.79 Å². The summed E-state index contributed by atoms with van der Waals surface area (Å²) in [6.45, 7) is 7.63. The summed E-state index contributed by atoms with van der Waals surface area (Å²) in [7, 11) is 0. The standard InChI is InChI=1S/C17H27N5O3/c1-10(2)15-19-14-5-4-13(9-22(14)20-15)18-17(25)21-7-11(3)6-12(8-21)16(23)24/h10-13H,4-9H2,1-3H3,(H,18,25)(H,23,24). The lowest BCUT2D eigenvalue weighted by atomic mass is 9.91. The Hall–Kier alpha value is -2.12. The topological polar surface area (TPSA) is 100 Å². The average molecular weight is 349 g/mol. The van der Waals surface area contributed by atoms with E-state index in [0.29, 0.717) is 19.5 Å². The van der Waals surface area contributed by atoms with Crippen LogP contribution < -0.4 is 5.32 Å². The summed E-state index contributed by atoms with van der Waals surface area (Å²) in [6, 6.07) is -0.169. The van der Waals surface area contributed by atoms with E-state index in [9.17, 15) is 14.7 Å². The van der Waals surface area contributed by atoms with E-state index in [1.807, 2.05) is 11.6 Å². The summed E-state index contributed by atoms with van der Waals surface area (Å²) in [5.41, 5.74) is 0. The smallest absolute Gasteiger partial charge is 0.317 e. The largest absolute Gasteiger partial charge is 0.481 e. The van der Waals surface area contributed by atoms with E-state index in [0.717, 1.165) is 24.5 Å². The summed E-state index contributed by atoms with van der Waals surface area (Å²) in [5.74, 6) is 1.01. The van der Waals surface area contributed by atoms with Gasteiger partial charge in [-0.05, 0) is 18.8 Å². The number of likely N-dealkylation sites (tertiary alicyclic amines) is 1. The maximum atomic E-state index is 12.6. The third-order valence-corrected chi connectivity index (χ3v) is 5.01. The van der Waals surface area contributed by atoms with Crippen LogP contribution in [0.5, 0.6) is 0 Å². The molecule has 1 aromatic heterocycles. The van der Waals surface area contributed by atoms with Gasteiger partial charge >= 0.3 is 12.0 Å². The first-order valence-electron chi connectivity index (χ1n) is 9.05. The van der Waals surface area contributed by atoms with E-state index in [1.165, 1.54) is 0 Å². The summed E-state index contributed by atoms with van der Waals surface area (Å²) in [6.07, 6.45) is 2.25. The Morgan fingerprint density at radius 2 is 2.04 bits per heavy atom. The highest BCUT2D eigenvalue weighted by Gasteiger charge is 2.33. The first-order valence-corrected chi connectivity index (χ1v) is 9.05. The van der Waals surface area contributed by atoms with Crippen LogP contribution in [-0.4, -0.2) is 55.9 Å². The van der Waals surface area contributed by atoms with Crippen molar-refractivity contribution < 1.29 is 14.7 Å². The molecule has 138 valence electrons. The van der Waals surface area contributed by atoms with Crippen LogP contribution in [0.25, 0.3) is 0 Å². The number of rotatable bonds is 3. The number of nitrogens with one attached hydrogen (secondary N) is 1. The molecular formula is C17H27N5O3. The number of nitrogens with zero attached hydrogens (tertiary/aromatic N) is 4. The number of urea groups is 1. The van der Waals surface area contributed by atoms with Crippen LogP contribution in [0.15, 0.2) is 0 Å². The zero-order valence-electron chi connectivity index (χ0n) is 15.1. The second-order valence-corrected chi connectivity index (χ2v) is 7.69. The van der Waals surface area contributed by atoms with Gasteiger partial charge in [0, 0.05) is 25.4 Å². The number of amides is 2. The lowest BCUT2D eigenvalue weighted by Gasteiger charge is -2.36. The molecule has 0 bridgehead atoms. The van der Waals surface area contributed by atoms with Crippen molar-refractivity contribution in [3.8, 4) is 0 Å². The van der Waals surface area contributed by atoms with Gasteiger partial charge in [0.25, 0.3) is 0 Å². The molecule has 25 heavy (non-hydrogen) atoms. The predicted octanol–water partition coefficient (Wildman–Crippen LogP) is 1.47. The Bertz CT molecular complexity index is 657. The van der Waals surface area contributed by atoms with Crippen LogP contribution in [0.2, 0.25) is 0 Å².